The molecule has 3 amide bonds. The van der Waals surface area contributed by atoms with Crippen LogP contribution in [0.3, 0.4) is 0 Å². The summed E-state index contributed by atoms with van der Waals surface area (Å²) in [6.07, 6.45) is -0.515. The Morgan fingerprint density at radius 2 is 1.86 bits per heavy atom. The van der Waals surface area contributed by atoms with Crippen molar-refractivity contribution in [1.82, 2.24) is 10.2 Å². The van der Waals surface area contributed by atoms with E-state index in [1.165, 1.54) is 16.2 Å². The van der Waals surface area contributed by atoms with Crippen molar-refractivity contribution in [2.45, 2.75) is 45.9 Å². The standard InChI is InChI=1S/C28H31N3O4S/c1-18(2)13-14-29-27(33)24-25(35-28(34)31(24)17-20-11-9-19(3)10-12-20)21-6-4-7-22(16-21)30-26(32)23-8-5-15-36-23/h4-12,15-16,18,24-25H,13-14,17H2,1-3H3,(H,29,33)(H,30,32)/t24-,25+/m0/s1. The molecule has 0 aliphatic carbocycles. The third-order valence-electron chi connectivity index (χ3n) is 6.07. The van der Waals surface area contributed by atoms with Crippen molar-refractivity contribution < 1.29 is 19.1 Å². The highest BCUT2D eigenvalue weighted by atomic mass is 32.1. The van der Waals surface area contributed by atoms with E-state index in [4.69, 9.17) is 4.74 Å². The second-order valence-electron chi connectivity index (χ2n) is 9.39. The summed E-state index contributed by atoms with van der Waals surface area (Å²) in [5.41, 5.74) is 3.24. The molecule has 188 valence electrons. The third kappa shape index (κ3) is 6.12. The Morgan fingerprint density at radius 3 is 2.56 bits per heavy atom. The smallest absolute Gasteiger partial charge is 0.411 e. The minimum absolute atomic E-state index is 0.213. The van der Waals surface area contributed by atoms with Crippen LogP contribution in [0, 0.1) is 12.8 Å². The number of benzene rings is 2. The zero-order valence-electron chi connectivity index (χ0n) is 20.7. The van der Waals surface area contributed by atoms with E-state index in [1.807, 2.05) is 48.7 Å². The Balaban J connectivity index is 1.58. The quantitative estimate of drug-likeness (QED) is 0.400. The van der Waals surface area contributed by atoms with Gasteiger partial charge in [-0.3, -0.25) is 14.5 Å². The number of nitrogens with zero attached hydrogens (tertiary/aromatic N) is 1. The highest BCUT2D eigenvalue weighted by molar-refractivity contribution is 7.12. The van der Waals surface area contributed by atoms with Gasteiger partial charge in [-0.1, -0.05) is 61.9 Å². The lowest BCUT2D eigenvalue weighted by atomic mass is 9.99. The average Bonchev–Trinajstić information content (AvgIpc) is 3.49. The van der Waals surface area contributed by atoms with Gasteiger partial charge in [0.1, 0.15) is 0 Å². The first-order valence-corrected chi connectivity index (χ1v) is 12.9. The molecule has 2 aromatic carbocycles. The fourth-order valence-electron chi connectivity index (χ4n) is 4.08. The number of rotatable bonds is 9. The highest BCUT2D eigenvalue weighted by Crippen LogP contribution is 2.35. The molecule has 36 heavy (non-hydrogen) atoms. The maximum atomic E-state index is 13.4. The lowest BCUT2D eigenvalue weighted by Crippen LogP contribution is -2.46. The summed E-state index contributed by atoms with van der Waals surface area (Å²) in [5.74, 6) is -0.0314. The molecule has 1 aliphatic heterocycles. The summed E-state index contributed by atoms with van der Waals surface area (Å²) in [6.45, 7) is 6.96. The van der Waals surface area contributed by atoms with E-state index in [2.05, 4.69) is 24.5 Å². The summed E-state index contributed by atoms with van der Waals surface area (Å²) in [5, 5.41) is 7.71. The van der Waals surface area contributed by atoms with Gasteiger partial charge in [-0.15, -0.1) is 11.3 Å². The van der Waals surface area contributed by atoms with Crippen LogP contribution in [-0.2, 0) is 16.1 Å². The molecule has 0 bridgehead atoms. The number of hydrogen-bond donors (Lipinski definition) is 2. The molecule has 3 aromatic rings. The number of aryl methyl sites for hydroxylation is 1. The van der Waals surface area contributed by atoms with Crippen molar-refractivity contribution in [1.29, 1.82) is 0 Å². The van der Waals surface area contributed by atoms with Crippen molar-refractivity contribution >= 4 is 34.9 Å². The SMILES string of the molecule is Cc1ccc(CN2C(=O)O[C@H](c3cccc(NC(=O)c4cccs4)c3)[C@H]2C(=O)NCCC(C)C)cc1. The largest absolute Gasteiger partial charge is 0.438 e. The number of cyclic esters (lactones) is 1. The van der Waals surface area contributed by atoms with Gasteiger partial charge in [0, 0.05) is 12.2 Å². The van der Waals surface area contributed by atoms with Gasteiger partial charge in [0.2, 0.25) is 5.91 Å². The molecule has 8 heteroatoms. The van der Waals surface area contributed by atoms with Crippen LogP contribution in [0.2, 0.25) is 0 Å². The molecule has 0 saturated carbocycles. The summed E-state index contributed by atoms with van der Waals surface area (Å²) in [7, 11) is 0. The van der Waals surface area contributed by atoms with Crippen LogP contribution < -0.4 is 10.6 Å². The molecular formula is C28H31N3O4S. The van der Waals surface area contributed by atoms with Gasteiger partial charge in [-0.05, 0) is 54.0 Å². The first-order valence-electron chi connectivity index (χ1n) is 12.1. The zero-order chi connectivity index (χ0) is 25.7. The van der Waals surface area contributed by atoms with Crippen LogP contribution >= 0.6 is 11.3 Å². The molecule has 1 saturated heterocycles. The number of ether oxygens (including phenoxy) is 1. The monoisotopic (exact) mass is 505 g/mol. The number of carbonyl (C=O) groups excluding carboxylic acids is 3. The van der Waals surface area contributed by atoms with Gasteiger partial charge in [0.05, 0.1) is 11.4 Å². The Kier molecular flexibility index (Phi) is 8.05. The third-order valence-corrected chi connectivity index (χ3v) is 6.93. The van der Waals surface area contributed by atoms with Crippen LogP contribution in [-0.4, -0.2) is 35.4 Å². The Bertz CT molecular complexity index is 1210. The van der Waals surface area contributed by atoms with E-state index in [0.717, 1.165) is 17.5 Å². The maximum absolute atomic E-state index is 13.4. The number of thiophene rings is 1. The summed E-state index contributed by atoms with van der Waals surface area (Å²) in [6, 6.07) is 17.7. The van der Waals surface area contributed by atoms with E-state index in [0.29, 0.717) is 28.6 Å². The predicted molar refractivity (Wildman–Crippen MR) is 141 cm³/mol. The fraction of sp³-hybridized carbons (Fsp3) is 0.321. The number of amides is 3. The maximum Gasteiger partial charge on any atom is 0.411 e. The lowest BCUT2D eigenvalue weighted by Gasteiger charge is -2.24. The summed E-state index contributed by atoms with van der Waals surface area (Å²) >= 11 is 1.35. The lowest BCUT2D eigenvalue weighted by molar-refractivity contribution is -0.126. The summed E-state index contributed by atoms with van der Waals surface area (Å²) in [4.78, 5) is 41.0. The molecule has 0 unspecified atom stereocenters. The topological polar surface area (TPSA) is 87.7 Å². The van der Waals surface area contributed by atoms with Crippen LogP contribution in [0.4, 0.5) is 10.5 Å². The van der Waals surface area contributed by atoms with Crippen molar-refractivity contribution in [3.05, 3.63) is 87.6 Å². The molecular weight excluding hydrogens is 474 g/mol. The van der Waals surface area contributed by atoms with E-state index >= 15 is 0 Å². The normalized spacial score (nSPS) is 17.2. The molecule has 0 spiro atoms. The van der Waals surface area contributed by atoms with Gasteiger partial charge in [0.15, 0.2) is 12.1 Å². The van der Waals surface area contributed by atoms with Crippen molar-refractivity contribution in [3.63, 3.8) is 0 Å². The van der Waals surface area contributed by atoms with Crippen LogP contribution in [0.15, 0.2) is 66.0 Å². The molecule has 7 nitrogen and oxygen atoms in total. The molecule has 0 radical (unpaired) electrons. The number of hydrogen-bond acceptors (Lipinski definition) is 5. The highest BCUT2D eigenvalue weighted by Gasteiger charge is 2.47. The first-order chi connectivity index (χ1) is 17.3. The van der Waals surface area contributed by atoms with Gasteiger partial charge < -0.3 is 15.4 Å². The van der Waals surface area contributed by atoms with Gasteiger partial charge in [0.25, 0.3) is 5.91 Å². The zero-order valence-corrected chi connectivity index (χ0v) is 21.5. The van der Waals surface area contributed by atoms with Gasteiger partial charge >= 0.3 is 6.09 Å². The molecule has 2 atom stereocenters. The number of anilines is 1. The minimum atomic E-state index is -0.839. The second kappa shape index (κ2) is 11.4. The molecule has 1 aliphatic rings. The molecule has 4 rings (SSSR count). The van der Waals surface area contributed by atoms with E-state index < -0.39 is 18.2 Å². The Labute approximate surface area is 215 Å². The van der Waals surface area contributed by atoms with E-state index in [1.54, 1.807) is 24.3 Å². The molecule has 1 fully saturated rings. The fourth-order valence-corrected chi connectivity index (χ4v) is 4.70. The molecule has 1 aromatic heterocycles. The second-order valence-corrected chi connectivity index (χ2v) is 10.3. The Hall–Kier alpha value is -3.65. The van der Waals surface area contributed by atoms with Crippen molar-refractivity contribution in [2.75, 3.05) is 11.9 Å². The average molecular weight is 506 g/mol. The van der Waals surface area contributed by atoms with Crippen LogP contribution in [0.1, 0.15) is 52.7 Å². The minimum Gasteiger partial charge on any atom is -0.438 e. The van der Waals surface area contributed by atoms with Crippen molar-refractivity contribution in [3.8, 4) is 0 Å². The molecule has 2 N–H and O–H groups in total. The predicted octanol–water partition coefficient (Wildman–Crippen LogP) is 5.53. The van der Waals surface area contributed by atoms with Crippen molar-refractivity contribution in [2.24, 2.45) is 5.92 Å². The first kappa shape index (κ1) is 25.4. The van der Waals surface area contributed by atoms with Crippen LogP contribution in [0.5, 0.6) is 0 Å². The van der Waals surface area contributed by atoms with Gasteiger partial charge in [-0.25, -0.2) is 4.79 Å². The number of carbonyl (C=O) groups is 3. The van der Waals surface area contributed by atoms with E-state index in [-0.39, 0.29) is 18.4 Å². The molecule has 2 heterocycles. The van der Waals surface area contributed by atoms with Crippen LogP contribution in [0.25, 0.3) is 0 Å². The van der Waals surface area contributed by atoms with E-state index in [9.17, 15) is 14.4 Å². The van der Waals surface area contributed by atoms with Gasteiger partial charge in [-0.2, -0.15) is 0 Å². The summed E-state index contributed by atoms with van der Waals surface area (Å²) < 4.78 is 5.76. The Morgan fingerprint density at radius 1 is 1.08 bits per heavy atom. The number of nitrogens with one attached hydrogen (secondary N) is 2.